The van der Waals surface area contributed by atoms with Crippen LogP contribution in [0.15, 0.2) is 60.9 Å². The van der Waals surface area contributed by atoms with Crippen molar-refractivity contribution in [2.24, 2.45) is 0 Å². The van der Waals surface area contributed by atoms with E-state index in [9.17, 15) is 4.79 Å². The Hall–Kier alpha value is -3.52. The van der Waals surface area contributed by atoms with Crippen molar-refractivity contribution in [3.05, 3.63) is 89.0 Å². The topological polar surface area (TPSA) is 81.9 Å². The van der Waals surface area contributed by atoms with E-state index >= 15 is 0 Å². The van der Waals surface area contributed by atoms with E-state index < -0.39 is 0 Å². The van der Waals surface area contributed by atoms with Crippen molar-refractivity contribution < 1.29 is 9.53 Å². The summed E-state index contributed by atoms with van der Waals surface area (Å²) in [5, 5.41) is 7.22. The van der Waals surface area contributed by atoms with Crippen LogP contribution in [0.3, 0.4) is 0 Å². The summed E-state index contributed by atoms with van der Waals surface area (Å²) in [6.45, 7) is 4.99. The predicted octanol–water partition coefficient (Wildman–Crippen LogP) is 4.23. The smallest absolute Gasteiger partial charge is 0.255 e. The van der Waals surface area contributed by atoms with Crippen molar-refractivity contribution in [2.45, 2.75) is 27.0 Å². The molecule has 0 atom stereocenters. The van der Waals surface area contributed by atoms with Crippen LogP contribution in [0, 0.1) is 13.8 Å². The molecule has 7 nitrogen and oxygen atoms in total. The highest BCUT2D eigenvalue weighted by Crippen LogP contribution is 2.17. The van der Waals surface area contributed by atoms with Crippen LogP contribution in [-0.4, -0.2) is 24.4 Å². The SMILES string of the molecule is Cc1ccccc1Cn1cc(NC(=O)c2ccc(OCc3nsnc3C)cc2)cn1. The monoisotopic (exact) mass is 419 g/mol. The first kappa shape index (κ1) is 19.8. The maximum Gasteiger partial charge on any atom is 0.255 e. The molecule has 0 radical (unpaired) electrons. The molecule has 0 saturated carbocycles. The lowest BCUT2D eigenvalue weighted by molar-refractivity contribution is 0.102. The third kappa shape index (κ3) is 4.72. The normalized spacial score (nSPS) is 10.7. The molecule has 2 aromatic heterocycles. The van der Waals surface area contributed by atoms with Crippen LogP contribution in [0.2, 0.25) is 0 Å². The Morgan fingerprint density at radius 1 is 1.10 bits per heavy atom. The fourth-order valence-corrected chi connectivity index (χ4v) is 3.47. The van der Waals surface area contributed by atoms with E-state index in [4.69, 9.17) is 4.74 Å². The summed E-state index contributed by atoms with van der Waals surface area (Å²) in [6, 6.07) is 15.2. The van der Waals surface area contributed by atoms with Gasteiger partial charge in [0.1, 0.15) is 18.1 Å². The van der Waals surface area contributed by atoms with Crippen molar-refractivity contribution >= 4 is 23.3 Å². The second-order valence-electron chi connectivity index (χ2n) is 6.92. The molecule has 1 amide bonds. The predicted molar refractivity (Wildman–Crippen MR) is 116 cm³/mol. The third-order valence-corrected chi connectivity index (χ3v) is 5.38. The molecule has 0 spiro atoms. The highest BCUT2D eigenvalue weighted by atomic mass is 32.1. The molecule has 0 unspecified atom stereocenters. The standard InChI is InChI=1S/C22H21N5O2S/c1-15-5-3-4-6-18(15)12-27-13-19(11-23-27)24-22(28)17-7-9-20(10-8-17)29-14-21-16(2)25-30-26-21/h3-11,13H,12,14H2,1-2H3,(H,24,28). The number of nitrogens with one attached hydrogen (secondary N) is 1. The van der Waals surface area contributed by atoms with Gasteiger partial charge in [0.05, 0.1) is 35.9 Å². The van der Waals surface area contributed by atoms with Gasteiger partial charge in [-0.15, -0.1) is 0 Å². The first-order valence-corrected chi connectivity index (χ1v) is 10.2. The number of hydrogen-bond donors (Lipinski definition) is 1. The summed E-state index contributed by atoms with van der Waals surface area (Å²) in [5.74, 6) is 0.474. The van der Waals surface area contributed by atoms with Gasteiger partial charge >= 0.3 is 0 Å². The second-order valence-corrected chi connectivity index (χ2v) is 7.45. The van der Waals surface area contributed by atoms with E-state index in [1.165, 1.54) is 22.9 Å². The minimum absolute atomic E-state index is 0.198. The zero-order chi connectivity index (χ0) is 20.9. The summed E-state index contributed by atoms with van der Waals surface area (Å²) < 4.78 is 15.8. The minimum atomic E-state index is -0.198. The number of carbonyl (C=O) groups is 1. The lowest BCUT2D eigenvalue weighted by Crippen LogP contribution is -2.11. The maximum atomic E-state index is 12.5. The Bertz CT molecular complexity index is 1150. The average Bonchev–Trinajstić information content (AvgIpc) is 3.37. The number of aromatic nitrogens is 4. The van der Waals surface area contributed by atoms with Crippen LogP contribution in [0.5, 0.6) is 5.75 Å². The van der Waals surface area contributed by atoms with Crippen molar-refractivity contribution in [3.63, 3.8) is 0 Å². The Morgan fingerprint density at radius 3 is 2.63 bits per heavy atom. The Balaban J connectivity index is 1.34. The Morgan fingerprint density at radius 2 is 1.90 bits per heavy atom. The number of anilines is 1. The van der Waals surface area contributed by atoms with Gasteiger partial charge in [-0.2, -0.15) is 13.8 Å². The number of benzene rings is 2. The van der Waals surface area contributed by atoms with Crippen LogP contribution in [0.4, 0.5) is 5.69 Å². The molecule has 2 aromatic carbocycles. The molecule has 8 heteroatoms. The van der Waals surface area contributed by atoms with Crippen molar-refractivity contribution in [3.8, 4) is 5.75 Å². The van der Waals surface area contributed by atoms with Crippen molar-refractivity contribution in [2.75, 3.05) is 5.32 Å². The number of rotatable bonds is 7. The lowest BCUT2D eigenvalue weighted by atomic mass is 10.1. The van der Waals surface area contributed by atoms with Gasteiger partial charge < -0.3 is 10.1 Å². The van der Waals surface area contributed by atoms with Crippen LogP contribution in [-0.2, 0) is 13.2 Å². The summed E-state index contributed by atoms with van der Waals surface area (Å²) in [6.07, 6.45) is 3.48. The largest absolute Gasteiger partial charge is 0.487 e. The van der Waals surface area contributed by atoms with Gasteiger partial charge in [-0.3, -0.25) is 9.48 Å². The fraction of sp³-hybridized carbons (Fsp3) is 0.182. The molecule has 0 aliphatic carbocycles. The van der Waals surface area contributed by atoms with Gasteiger partial charge in [-0.25, -0.2) is 0 Å². The van der Waals surface area contributed by atoms with Gasteiger partial charge in [0, 0.05) is 11.8 Å². The number of amides is 1. The number of nitrogens with zero attached hydrogens (tertiary/aromatic N) is 4. The van der Waals surface area contributed by atoms with E-state index in [0.717, 1.165) is 11.4 Å². The molecule has 30 heavy (non-hydrogen) atoms. The van der Waals surface area contributed by atoms with E-state index in [2.05, 4.69) is 38.2 Å². The highest BCUT2D eigenvalue weighted by Gasteiger charge is 2.09. The summed E-state index contributed by atoms with van der Waals surface area (Å²) in [5.41, 5.74) is 5.30. The molecule has 1 N–H and O–H groups in total. The molecule has 0 bridgehead atoms. The molecular formula is C22H21N5O2S. The number of hydrogen-bond acceptors (Lipinski definition) is 6. The van der Waals surface area contributed by atoms with Gasteiger partial charge in [0.25, 0.3) is 5.91 Å². The molecular weight excluding hydrogens is 398 g/mol. The number of aryl methyl sites for hydroxylation is 2. The number of ether oxygens (including phenoxy) is 1. The van der Waals surface area contributed by atoms with Crippen molar-refractivity contribution in [1.82, 2.24) is 18.5 Å². The highest BCUT2D eigenvalue weighted by molar-refractivity contribution is 6.99. The summed E-state index contributed by atoms with van der Waals surface area (Å²) in [7, 11) is 0. The minimum Gasteiger partial charge on any atom is -0.487 e. The average molecular weight is 420 g/mol. The molecule has 0 aliphatic rings. The van der Waals surface area contributed by atoms with Crippen LogP contribution in [0.25, 0.3) is 0 Å². The zero-order valence-electron chi connectivity index (χ0n) is 16.7. The van der Waals surface area contributed by atoms with Gasteiger partial charge in [-0.05, 0) is 49.2 Å². The van der Waals surface area contributed by atoms with Gasteiger partial charge in [0.15, 0.2) is 0 Å². The van der Waals surface area contributed by atoms with Crippen LogP contribution < -0.4 is 10.1 Å². The third-order valence-electron chi connectivity index (χ3n) is 4.72. The molecule has 4 aromatic rings. The number of carbonyl (C=O) groups excluding carboxylic acids is 1. The molecule has 4 rings (SSSR count). The Labute approximate surface area is 178 Å². The summed E-state index contributed by atoms with van der Waals surface area (Å²) >= 11 is 1.17. The molecule has 2 heterocycles. The van der Waals surface area contributed by atoms with Crippen molar-refractivity contribution in [1.29, 1.82) is 0 Å². The van der Waals surface area contributed by atoms with E-state index in [1.807, 2.05) is 29.9 Å². The molecule has 0 fully saturated rings. The quantitative estimate of drug-likeness (QED) is 0.485. The molecule has 152 valence electrons. The maximum absolute atomic E-state index is 12.5. The van der Waals surface area contributed by atoms with Crippen LogP contribution >= 0.6 is 11.7 Å². The molecule has 0 saturated heterocycles. The summed E-state index contributed by atoms with van der Waals surface area (Å²) in [4.78, 5) is 12.5. The van der Waals surface area contributed by atoms with Gasteiger partial charge in [0.2, 0.25) is 0 Å². The first-order chi connectivity index (χ1) is 14.6. The van der Waals surface area contributed by atoms with E-state index in [0.29, 0.717) is 30.2 Å². The Kier molecular flexibility index (Phi) is 5.85. The van der Waals surface area contributed by atoms with Gasteiger partial charge in [-0.1, -0.05) is 24.3 Å². The van der Waals surface area contributed by atoms with E-state index in [1.54, 1.807) is 30.5 Å². The zero-order valence-corrected chi connectivity index (χ0v) is 17.5. The fourth-order valence-electron chi connectivity index (χ4n) is 2.91. The lowest BCUT2D eigenvalue weighted by Gasteiger charge is -2.07. The first-order valence-electron chi connectivity index (χ1n) is 9.48. The molecule has 0 aliphatic heterocycles. The van der Waals surface area contributed by atoms with E-state index in [-0.39, 0.29) is 5.91 Å². The second kappa shape index (κ2) is 8.87. The van der Waals surface area contributed by atoms with Crippen LogP contribution in [0.1, 0.15) is 32.9 Å².